The molecule has 0 spiro atoms. The van der Waals surface area contributed by atoms with E-state index in [4.69, 9.17) is 19.6 Å². The van der Waals surface area contributed by atoms with E-state index in [-0.39, 0.29) is 18.9 Å². The summed E-state index contributed by atoms with van der Waals surface area (Å²) >= 11 is 3.48. The zero-order valence-electron chi connectivity index (χ0n) is 27.3. The van der Waals surface area contributed by atoms with Gasteiger partial charge in [-0.2, -0.15) is 0 Å². The van der Waals surface area contributed by atoms with Crippen molar-refractivity contribution in [2.75, 3.05) is 19.8 Å². The summed E-state index contributed by atoms with van der Waals surface area (Å²) in [6.07, 6.45) is 0.452. The molecule has 5 aromatic carbocycles. The Morgan fingerprint density at radius 1 is 0.900 bits per heavy atom. The highest BCUT2D eigenvalue weighted by molar-refractivity contribution is 9.10. The normalized spacial score (nSPS) is 16.5. The van der Waals surface area contributed by atoms with E-state index in [0.29, 0.717) is 54.5 Å². The first-order valence-corrected chi connectivity index (χ1v) is 17.2. The molecule has 0 saturated heterocycles. The highest BCUT2D eigenvalue weighted by atomic mass is 79.9. The van der Waals surface area contributed by atoms with Gasteiger partial charge in [-0.05, 0) is 76.2 Å². The molecule has 1 amide bonds. The van der Waals surface area contributed by atoms with Crippen molar-refractivity contribution in [3.8, 4) is 16.9 Å². The lowest BCUT2D eigenvalue weighted by Gasteiger charge is -2.31. The van der Waals surface area contributed by atoms with Crippen LogP contribution in [0.3, 0.4) is 0 Å². The number of aliphatic hydroxyl groups is 1. The van der Waals surface area contributed by atoms with Crippen molar-refractivity contribution in [3.63, 3.8) is 0 Å². The summed E-state index contributed by atoms with van der Waals surface area (Å²) in [7, 11) is 0. The average molecular weight is 731 g/mol. The molecule has 0 fully saturated rings. The van der Waals surface area contributed by atoms with Crippen LogP contribution in [0.4, 0.5) is 5.69 Å². The fraction of sp³-hybridized carbons (Fsp3) is 0.200. The summed E-state index contributed by atoms with van der Waals surface area (Å²) in [5.41, 5.74) is 13.6. The van der Waals surface area contributed by atoms with Crippen LogP contribution >= 0.6 is 15.9 Å². The molecule has 2 atom stereocenters. The highest BCUT2D eigenvalue weighted by Crippen LogP contribution is 2.44. The van der Waals surface area contributed by atoms with Crippen molar-refractivity contribution >= 4 is 33.4 Å². The van der Waals surface area contributed by atoms with Gasteiger partial charge in [-0.15, -0.1) is 0 Å². The molecule has 0 saturated carbocycles. The number of halogens is 1. The number of hydrogen-bond donors (Lipinski definition) is 2. The molecule has 0 unspecified atom stereocenters. The molecule has 1 aliphatic rings. The number of rotatable bonds is 14. The van der Waals surface area contributed by atoms with Crippen LogP contribution in [0.5, 0.6) is 5.75 Å². The number of azide groups is 1. The van der Waals surface area contributed by atoms with E-state index in [1.807, 2.05) is 103 Å². The van der Waals surface area contributed by atoms with Gasteiger partial charge in [-0.25, -0.2) is 4.99 Å². The minimum Gasteiger partial charge on any atom is -0.494 e. The zero-order valence-corrected chi connectivity index (χ0v) is 28.9. The lowest BCUT2D eigenvalue weighted by molar-refractivity contribution is -0.128. The number of nitrogens with one attached hydrogen (secondary N) is 1. The van der Waals surface area contributed by atoms with Gasteiger partial charge < -0.3 is 19.9 Å². The van der Waals surface area contributed by atoms with Crippen molar-refractivity contribution in [2.45, 2.75) is 30.9 Å². The first kappa shape index (κ1) is 34.5. The molecule has 2 N–H and O–H groups in total. The van der Waals surface area contributed by atoms with E-state index in [2.05, 4.69) is 43.4 Å². The number of aliphatic imine (C=N–C) groups is 1. The number of carbonyl (C=O) groups is 1. The predicted octanol–water partition coefficient (Wildman–Crippen LogP) is 8.68. The first-order valence-electron chi connectivity index (χ1n) is 16.4. The second-order valence-corrected chi connectivity index (χ2v) is 12.8. The van der Waals surface area contributed by atoms with E-state index in [0.717, 1.165) is 26.7 Å². The van der Waals surface area contributed by atoms with E-state index < -0.39 is 11.6 Å². The molecule has 5 aromatic rings. The summed E-state index contributed by atoms with van der Waals surface area (Å²) in [5.74, 6) is 0.656. The lowest BCUT2D eigenvalue weighted by Crippen LogP contribution is -2.50. The molecule has 10 heteroatoms. The fourth-order valence-corrected chi connectivity index (χ4v) is 6.25. The number of nitrogens with zero attached hydrogens (tertiary/aromatic N) is 4. The molecule has 1 aliphatic heterocycles. The third-order valence-electron chi connectivity index (χ3n) is 8.57. The second kappa shape index (κ2) is 16.3. The smallest absolute Gasteiger partial charge is 0.252 e. The number of hydrogen-bond acceptors (Lipinski definition) is 6. The van der Waals surface area contributed by atoms with Crippen LogP contribution in [-0.2, 0) is 22.4 Å². The van der Waals surface area contributed by atoms with Gasteiger partial charge in [-0.1, -0.05) is 112 Å². The van der Waals surface area contributed by atoms with Crippen LogP contribution in [0.2, 0.25) is 0 Å². The molecule has 6 rings (SSSR count). The van der Waals surface area contributed by atoms with E-state index >= 15 is 0 Å². The fourth-order valence-electron chi connectivity index (χ4n) is 5.98. The van der Waals surface area contributed by atoms with Gasteiger partial charge in [0.15, 0.2) is 11.6 Å². The summed E-state index contributed by atoms with van der Waals surface area (Å²) in [6.45, 7) is 0.819. The van der Waals surface area contributed by atoms with Crippen molar-refractivity contribution < 1.29 is 19.4 Å². The summed E-state index contributed by atoms with van der Waals surface area (Å²) in [4.78, 5) is 22.9. The number of carbonyl (C=O) groups excluding carboxylic acids is 1. The van der Waals surface area contributed by atoms with Crippen molar-refractivity contribution in [1.82, 2.24) is 5.32 Å². The summed E-state index contributed by atoms with van der Waals surface area (Å²) < 4.78 is 13.4. The standard InChI is InChI=1S/C40H36BrN5O4/c41-34-19-11-28(12-20-34)23-24-43-39(48)40(27-33-9-4-5-10-36(33)45-46-42)37(31-15-13-30(14-16-31)29-7-2-1-3-8-29)50-38(44-40)32-17-21-35(22-18-32)49-26-6-25-47/h1-5,7-22,37,47H,6,23-27H2,(H,43,48)/t37-,40-/m1/s1. The number of amides is 1. The molecular formula is C40H36BrN5O4. The Morgan fingerprint density at radius 2 is 1.58 bits per heavy atom. The van der Waals surface area contributed by atoms with Crippen LogP contribution < -0.4 is 10.1 Å². The van der Waals surface area contributed by atoms with Gasteiger partial charge in [-0.3, -0.25) is 4.79 Å². The van der Waals surface area contributed by atoms with Crippen LogP contribution in [0.1, 0.15) is 34.8 Å². The van der Waals surface area contributed by atoms with Crippen LogP contribution in [0, 0.1) is 0 Å². The monoisotopic (exact) mass is 729 g/mol. The highest BCUT2D eigenvalue weighted by Gasteiger charge is 2.53. The van der Waals surface area contributed by atoms with Gasteiger partial charge in [0.25, 0.3) is 5.91 Å². The Labute approximate surface area is 299 Å². The molecule has 0 aliphatic carbocycles. The Bertz CT molecular complexity index is 1980. The first-order chi connectivity index (χ1) is 24.5. The van der Waals surface area contributed by atoms with E-state index in [1.54, 1.807) is 12.1 Å². The summed E-state index contributed by atoms with van der Waals surface area (Å²) in [5, 5.41) is 16.2. The molecule has 50 heavy (non-hydrogen) atoms. The molecule has 0 aromatic heterocycles. The zero-order chi connectivity index (χ0) is 34.8. The number of aliphatic hydroxyl groups excluding tert-OH is 1. The maximum Gasteiger partial charge on any atom is 0.252 e. The third-order valence-corrected chi connectivity index (χ3v) is 9.10. The topological polar surface area (TPSA) is 129 Å². The Kier molecular flexibility index (Phi) is 11.3. The van der Waals surface area contributed by atoms with Crippen LogP contribution in [0.25, 0.3) is 21.6 Å². The van der Waals surface area contributed by atoms with E-state index in [1.165, 1.54) is 0 Å². The van der Waals surface area contributed by atoms with Gasteiger partial charge in [0.2, 0.25) is 5.90 Å². The molecular weight excluding hydrogens is 694 g/mol. The summed E-state index contributed by atoms with van der Waals surface area (Å²) in [6, 6.07) is 40.6. The molecule has 1 heterocycles. The number of ether oxygens (including phenoxy) is 2. The van der Waals surface area contributed by atoms with E-state index in [9.17, 15) is 10.3 Å². The quantitative estimate of drug-likeness (QED) is 0.0513. The van der Waals surface area contributed by atoms with Gasteiger partial charge in [0.1, 0.15) is 5.75 Å². The van der Waals surface area contributed by atoms with Gasteiger partial charge >= 0.3 is 0 Å². The minimum atomic E-state index is -1.46. The molecule has 9 nitrogen and oxygen atoms in total. The average Bonchev–Trinajstić information content (AvgIpc) is 3.54. The van der Waals surface area contributed by atoms with Crippen molar-refractivity contribution in [3.05, 3.63) is 165 Å². The number of benzene rings is 5. The SMILES string of the molecule is [N-]=[N+]=Nc1ccccc1C[C@@]1(C(=O)NCCc2ccc(Br)cc2)N=C(c2ccc(OCCCO)cc2)O[C@@H]1c1ccc(-c2ccccc2)cc1. The van der Waals surface area contributed by atoms with Gasteiger partial charge in [0.05, 0.1) is 6.61 Å². The lowest BCUT2D eigenvalue weighted by atomic mass is 9.81. The second-order valence-electron chi connectivity index (χ2n) is 11.9. The van der Waals surface area contributed by atoms with Crippen molar-refractivity contribution in [1.29, 1.82) is 0 Å². The van der Waals surface area contributed by atoms with Crippen LogP contribution in [0.15, 0.2) is 142 Å². The Balaban J connectivity index is 1.41. The van der Waals surface area contributed by atoms with Gasteiger partial charge in [0, 0.05) is 46.6 Å². The van der Waals surface area contributed by atoms with Crippen LogP contribution in [-0.4, -0.2) is 42.2 Å². The molecule has 0 bridgehead atoms. The molecule has 252 valence electrons. The Morgan fingerprint density at radius 3 is 2.30 bits per heavy atom. The molecule has 0 radical (unpaired) electrons. The maximum absolute atomic E-state index is 14.7. The minimum absolute atomic E-state index is 0.0481. The maximum atomic E-state index is 14.7. The largest absolute Gasteiger partial charge is 0.494 e. The van der Waals surface area contributed by atoms with Crippen molar-refractivity contribution in [2.24, 2.45) is 10.1 Å². The third kappa shape index (κ3) is 8.06. The Hall–Kier alpha value is -5.41. The predicted molar refractivity (Wildman–Crippen MR) is 198 cm³/mol.